The summed E-state index contributed by atoms with van der Waals surface area (Å²) in [5.41, 5.74) is 0. The third-order valence-corrected chi connectivity index (χ3v) is 1.92. The number of rotatable bonds is 7. The molecule has 92 valence electrons. The van der Waals surface area contributed by atoms with Gasteiger partial charge in [-0.15, -0.1) is 0 Å². The van der Waals surface area contributed by atoms with Crippen LogP contribution in [-0.2, 0) is 14.4 Å². The Bertz CT molecular complexity index is 290. The second-order valence-electron chi connectivity index (χ2n) is 3.06. The number of carboxylic acid groups (broad SMARTS) is 3. The second kappa shape index (κ2) is 6.03. The summed E-state index contributed by atoms with van der Waals surface area (Å²) in [6.07, 6.45) is -2.14. The predicted octanol–water partition coefficient (Wildman–Crippen LogP) is -1.66. The van der Waals surface area contributed by atoms with Crippen molar-refractivity contribution in [1.82, 2.24) is 5.32 Å². The van der Waals surface area contributed by atoms with Gasteiger partial charge in [0.1, 0.15) is 12.1 Å². The Morgan fingerprint density at radius 2 is 1.56 bits per heavy atom. The van der Waals surface area contributed by atoms with Crippen LogP contribution in [0, 0.1) is 0 Å². The third-order valence-electron chi connectivity index (χ3n) is 1.92. The standard InChI is InChI=1S/C8H13NO7/c1-2-3(6(11)12)9-4(7(13)14)5(10)8(15)16/h3-5,9-10H,2H2,1H3,(H,11,12)(H,13,14)(H,15,16). The van der Waals surface area contributed by atoms with Crippen LogP contribution in [0.3, 0.4) is 0 Å². The van der Waals surface area contributed by atoms with Gasteiger partial charge in [-0.05, 0) is 6.42 Å². The number of hydrogen-bond acceptors (Lipinski definition) is 5. The van der Waals surface area contributed by atoms with Crippen LogP contribution >= 0.6 is 0 Å². The summed E-state index contributed by atoms with van der Waals surface area (Å²) in [5.74, 6) is -4.68. The molecule has 0 aromatic rings. The average Bonchev–Trinajstić information content (AvgIpc) is 2.17. The first-order valence-corrected chi connectivity index (χ1v) is 4.43. The highest BCUT2D eigenvalue weighted by molar-refractivity contribution is 5.85. The second-order valence-corrected chi connectivity index (χ2v) is 3.06. The van der Waals surface area contributed by atoms with Gasteiger partial charge in [0, 0.05) is 0 Å². The molecule has 5 N–H and O–H groups in total. The van der Waals surface area contributed by atoms with E-state index in [1.54, 1.807) is 0 Å². The average molecular weight is 235 g/mol. The number of aliphatic carboxylic acids is 3. The fourth-order valence-electron chi connectivity index (χ4n) is 1.02. The van der Waals surface area contributed by atoms with Gasteiger partial charge >= 0.3 is 17.9 Å². The molecule has 3 unspecified atom stereocenters. The molecule has 0 aliphatic carbocycles. The zero-order valence-electron chi connectivity index (χ0n) is 8.45. The first-order chi connectivity index (χ1) is 7.31. The van der Waals surface area contributed by atoms with E-state index in [4.69, 9.17) is 20.4 Å². The summed E-state index contributed by atoms with van der Waals surface area (Å²) in [4.78, 5) is 31.6. The van der Waals surface area contributed by atoms with Crippen LogP contribution in [0.5, 0.6) is 0 Å². The van der Waals surface area contributed by atoms with Crippen molar-refractivity contribution in [3.63, 3.8) is 0 Å². The molecule has 0 amide bonds. The lowest BCUT2D eigenvalue weighted by atomic mass is 10.1. The minimum atomic E-state index is -2.20. The maximum absolute atomic E-state index is 10.6. The normalized spacial score (nSPS) is 16.1. The molecule has 0 aliphatic rings. The van der Waals surface area contributed by atoms with Crippen LogP contribution in [0.25, 0.3) is 0 Å². The Hall–Kier alpha value is -1.67. The fourth-order valence-corrected chi connectivity index (χ4v) is 1.02. The summed E-state index contributed by atoms with van der Waals surface area (Å²) in [5, 5.41) is 36.8. The van der Waals surface area contributed by atoms with Crippen LogP contribution in [0.2, 0.25) is 0 Å². The lowest BCUT2D eigenvalue weighted by Crippen LogP contribution is -2.55. The third kappa shape index (κ3) is 3.83. The van der Waals surface area contributed by atoms with Crippen molar-refractivity contribution in [2.45, 2.75) is 31.5 Å². The van der Waals surface area contributed by atoms with Gasteiger partial charge in [0.05, 0.1) is 0 Å². The molecule has 0 aliphatic heterocycles. The number of aliphatic hydroxyl groups is 1. The summed E-state index contributed by atoms with van der Waals surface area (Å²) in [6.45, 7) is 1.48. The molecule has 16 heavy (non-hydrogen) atoms. The Balaban J connectivity index is 4.74. The fraction of sp³-hybridized carbons (Fsp3) is 0.625. The summed E-state index contributed by atoms with van der Waals surface area (Å²) >= 11 is 0. The van der Waals surface area contributed by atoms with Crippen LogP contribution in [0.15, 0.2) is 0 Å². The smallest absolute Gasteiger partial charge is 0.334 e. The molecule has 0 rings (SSSR count). The summed E-state index contributed by atoms with van der Waals surface area (Å²) in [6, 6.07) is -3.09. The molecule has 8 heteroatoms. The van der Waals surface area contributed by atoms with Gasteiger partial charge in [-0.2, -0.15) is 0 Å². The Kier molecular flexibility index (Phi) is 5.40. The highest BCUT2D eigenvalue weighted by Crippen LogP contribution is 2.00. The first kappa shape index (κ1) is 14.3. The molecule has 0 heterocycles. The molecule has 8 nitrogen and oxygen atoms in total. The van der Waals surface area contributed by atoms with Gasteiger partial charge in [0.15, 0.2) is 6.10 Å². The minimum Gasteiger partial charge on any atom is -0.480 e. The summed E-state index contributed by atoms with van der Waals surface area (Å²) < 4.78 is 0. The van der Waals surface area contributed by atoms with Crippen molar-refractivity contribution in [1.29, 1.82) is 0 Å². The van der Waals surface area contributed by atoms with E-state index in [0.29, 0.717) is 0 Å². The zero-order chi connectivity index (χ0) is 12.9. The molecule has 0 bridgehead atoms. The van der Waals surface area contributed by atoms with E-state index in [9.17, 15) is 14.4 Å². The Morgan fingerprint density at radius 1 is 1.06 bits per heavy atom. The molecule has 0 aromatic carbocycles. The van der Waals surface area contributed by atoms with Gasteiger partial charge in [0.25, 0.3) is 0 Å². The van der Waals surface area contributed by atoms with Crippen molar-refractivity contribution in [3.8, 4) is 0 Å². The van der Waals surface area contributed by atoms with Gasteiger partial charge in [0.2, 0.25) is 0 Å². The molecule has 0 aromatic heterocycles. The molecule has 0 fully saturated rings. The maximum Gasteiger partial charge on any atom is 0.334 e. The lowest BCUT2D eigenvalue weighted by Gasteiger charge is -2.21. The number of hydrogen-bond donors (Lipinski definition) is 5. The monoisotopic (exact) mass is 235 g/mol. The first-order valence-electron chi connectivity index (χ1n) is 4.43. The van der Waals surface area contributed by atoms with E-state index in [1.807, 2.05) is 0 Å². The van der Waals surface area contributed by atoms with Gasteiger partial charge in [-0.3, -0.25) is 14.9 Å². The SMILES string of the molecule is CCC(NC(C(=O)O)C(O)C(=O)O)C(=O)O. The van der Waals surface area contributed by atoms with Gasteiger partial charge in [-0.25, -0.2) is 4.79 Å². The summed E-state index contributed by atoms with van der Waals surface area (Å²) in [7, 11) is 0. The van der Waals surface area contributed by atoms with Gasteiger partial charge in [-0.1, -0.05) is 6.92 Å². The zero-order valence-corrected chi connectivity index (χ0v) is 8.45. The number of nitrogens with one attached hydrogen (secondary N) is 1. The molecule has 0 spiro atoms. The van der Waals surface area contributed by atoms with E-state index < -0.39 is 36.1 Å². The van der Waals surface area contributed by atoms with Crippen molar-refractivity contribution in [2.24, 2.45) is 0 Å². The van der Waals surface area contributed by atoms with E-state index >= 15 is 0 Å². The maximum atomic E-state index is 10.6. The van der Waals surface area contributed by atoms with Crippen molar-refractivity contribution in [3.05, 3.63) is 0 Å². The molecule has 0 radical (unpaired) electrons. The van der Waals surface area contributed by atoms with E-state index in [-0.39, 0.29) is 6.42 Å². The topological polar surface area (TPSA) is 144 Å². The Labute approximate surface area is 90.5 Å². The molecule has 3 atom stereocenters. The van der Waals surface area contributed by atoms with Crippen molar-refractivity contribution in [2.75, 3.05) is 0 Å². The van der Waals surface area contributed by atoms with Crippen LogP contribution in [0.1, 0.15) is 13.3 Å². The molecular weight excluding hydrogens is 222 g/mol. The van der Waals surface area contributed by atoms with Crippen LogP contribution < -0.4 is 5.32 Å². The minimum absolute atomic E-state index is 0.0610. The number of aliphatic hydroxyl groups excluding tert-OH is 1. The lowest BCUT2D eigenvalue weighted by molar-refractivity contribution is -0.157. The van der Waals surface area contributed by atoms with E-state index in [0.717, 1.165) is 0 Å². The van der Waals surface area contributed by atoms with Gasteiger partial charge < -0.3 is 20.4 Å². The van der Waals surface area contributed by atoms with E-state index in [1.165, 1.54) is 6.92 Å². The number of carboxylic acids is 3. The molecule has 0 saturated heterocycles. The van der Waals surface area contributed by atoms with Crippen LogP contribution in [0.4, 0.5) is 0 Å². The predicted molar refractivity (Wildman–Crippen MR) is 49.9 cm³/mol. The quantitative estimate of drug-likeness (QED) is 0.352. The Morgan fingerprint density at radius 3 is 1.81 bits per heavy atom. The highest BCUT2D eigenvalue weighted by Gasteiger charge is 2.34. The van der Waals surface area contributed by atoms with E-state index in [2.05, 4.69) is 5.32 Å². The van der Waals surface area contributed by atoms with Crippen molar-refractivity contribution >= 4 is 17.9 Å². The molecule has 0 saturated carbocycles. The van der Waals surface area contributed by atoms with Crippen LogP contribution in [-0.4, -0.2) is 56.5 Å². The largest absolute Gasteiger partial charge is 0.480 e. The molecular formula is C8H13NO7. The van der Waals surface area contributed by atoms with Crippen molar-refractivity contribution < 1.29 is 34.8 Å². The number of carbonyl (C=O) groups is 3. The highest BCUT2D eigenvalue weighted by atomic mass is 16.4.